The van der Waals surface area contributed by atoms with Gasteiger partial charge in [0.25, 0.3) is 0 Å². The number of H-pyrrole nitrogens is 1. The monoisotopic (exact) mass is 297 g/mol. The van der Waals surface area contributed by atoms with Gasteiger partial charge in [-0.3, -0.25) is 4.79 Å². The third-order valence-electron chi connectivity index (χ3n) is 4.17. The van der Waals surface area contributed by atoms with E-state index in [1.165, 1.54) is 16.5 Å². The van der Waals surface area contributed by atoms with Crippen molar-refractivity contribution < 1.29 is 4.79 Å². The van der Waals surface area contributed by atoms with Crippen LogP contribution in [0.15, 0.2) is 79.0 Å². The average molecular weight is 297 g/mol. The molecule has 0 bridgehead atoms. The fourth-order valence-corrected chi connectivity index (χ4v) is 2.91. The molecule has 110 valence electrons. The number of carbonyl (C=O) groups excluding carboxylic acids is 1. The zero-order valence-corrected chi connectivity index (χ0v) is 12.5. The summed E-state index contributed by atoms with van der Waals surface area (Å²) in [6.07, 6.45) is 2.92. The fourth-order valence-electron chi connectivity index (χ4n) is 2.91. The number of aromatic nitrogens is 1. The number of nitrogens with one attached hydrogen (secondary N) is 1. The summed E-state index contributed by atoms with van der Waals surface area (Å²) in [6, 6.07) is 24.5. The summed E-state index contributed by atoms with van der Waals surface area (Å²) in [4.78, 5) is 14.0. The van der Waals surface area contributed by atoms with E-state index in [9.17, 15) is 4.79 Å². The van der Waals surface area contributed by atoms with Crippen LogP contribution in [0.1, 0.15) is 10.4 Å². The molecule has 3 aromatic carbocycles. The van der Waals surface area contributed by atoms with E-state index < -0.39 is 0 Å². The number of benzene rings is 3. The standard InChI is InChI=1S/C21H15NO/c23-14-15-5-7-16(8-6-15)17-9-11-18(12-10-17)20-13-22-21-4-2-1-3-19(20)21/h1-14,22H. The van der Waals surface area contributed by atoms with Crippen LogP contribution in [0.4, 0.5) is 0 Å². The van der Waals surface area contributed by atoms with Crippen LogP contribution in [-0.2, 0) is 0 Å². The van der Waals surface area contributed by atoms with Crippen molar-refractivity contribution in [1.29, 1.82) is 0 Å². The fraction of sp³-hybridized carbons (Fsp3) is 0. The van der Waals surface area contributed by atoms with Gasteiger partial charge in [-0.15, -0.1) is 0 Å². The topological polar surface area (TPSA) is 32.9 Å². The summed E-state index contributed by atoms with van der Waals surface area (Å²) in [5, 5.41) is 1.23. The summed E-state index contributed by atoms with van der Waals surface area (Å²) in [7, 11) is 0. The summed E-state index contributed by atoms with van der Waals surface area (Å²) in [5.74, 6) is 0. The van der Waals surface area contributed by atoms with Crippen LogP contribution in [0.25, 0.3) is 33.2 Å². The minimum Gasteiger partial charge on any atom is -0.361 e. The van der Waals surface area contributed by atoms with Crippen LogP contribution in [0, 0.1) is 0 Å². The largest absolute Gasteiger partial charge is 0.361 e. The second-order valence-corrected chi connectivity index (χ2v) is 5.57. The van der Waals surface area contributed by atoms with Gasteiger partial charge in [0.15, 0.2) is 0 Å². The molecule has 0 fully saturated rings. The minimum atomic E-state index is 0.698. The first-order valence-electron chi connectivity index (χ1n) is 7.57. The van der Waals surface area contributed by atoms with E-state index in [0.717, 1.165) is 22.9 Å². The number of hydrogen-bond acceptors (Lipinski definition) is 1. The maximum absolute atomic E-state index is 10.7. The molecule has 0 aliphatic rings. The van der Waals surface area contributed by atoms with Gasteiger partial charge in [0, 0.05) is 28.2 Å². The molecule has 0 aliphatic carbocycles. The molecule has 0 amide bonds. The van der Waals surface area contributed by atoms with Gasteiger partial charge in [-0.25, -0.2) is 0 Å². The number of aldehydes is 1. The molecule has 2 nitrogen and oxygen atoms in total. The first-order valence-corrected chi connectivity index (χ1v) is 7.57. The average Bonchev–Trinajstić information content (AvgIpc) is 3.06. The Hall–Kier alpha value is -3.13. The number of para-hydroxylation sites is 1. The van der Waals surface area contributed by atoms with E-state index in [1.54, 1.807) is 0 Å². The van der Waals surface area contributed by atoms with Crippen LogP contribution < -0.4 is 0 Å². The van der Waals surface area contributed by atoms with E-state index in [-0.39, 0.29) is 0 Å². The molecule has 4 aromatic rings. The SMILES string of the molecule is O=Cc1ccc(-c2ccc(-c3c[nH]c4ccccc34)cc2)cc1. The van der Waals surface area contributed by atoms with Gasteiger partial charge in [0.1, 0.15) is 6.29 Å². The van der Waals surface area contributed by atoms with Crippen LogP contribution in [0.5, 0.6) is 0 Å². The third kappa shape index (κ3) is 2.44. The van der Waals surface area contributed by atoms with Crippen molar-refractivity contribution in [2.45, 2.75) is 0 Å². The molecule has 0 saturated heterocycles. The molecule has 0 saturated carbocycles. The molecular weight excluding hydrogens is 282 g/mol. The third-order valence-corrected chi connectivity index (χ3v) is 4.17. The first kappa shape index (κ1) is 13.5. The highest BCUT2D eigenvalue weighted by Gasteiger charge is 2.06. The van der Waals surface area contributed by atoms with E-state index in [0.29, 0.717) is 5.56 Å². The Balaban J connectivity index is 1.71. The van der Waals surface area contributed by atoms with Crippen LogP contribution in [-0.4, -0.2) is 11.3 Å². The maximum Gasteiger partial charge on any atom is 0.150 e. The number of carbonyl (C=O) groups is 1. The second kappa shape index (κ2) is 5.58. The molecule has 4 rings (SSSR count). The molecule has 0 atom stereocenters. The predicted octanol–water partition coefficient (Wildman–Crippen LogP) is 5.31. The van der Waals surface area contributed by atoms with Gasteiger partial charge in [0.2, 0.25) is 0 Å². The van der Waals surface area contributed by atoms with Gasteiger partial charge < -0.3 is 4.98 Å². The van der Waals surface area contributed by atoms with Crippen molar-refractivity contribution in [3.63, 3.8) is 0 Å². The Kier molecular flexibility index (Phi) is 3.28. The molecule has 1 heterocycles. The normalized spacial score (nSPS) is 10.8. The van der Waals surface area contributed by atoms with E-state index in [1.807, 2.05) is 30.3 Å². The van der Waals surface area contributed by atoms with E-state index >= 15 is 0 Å². The molecule has 23 heavy (non-hydrogen) atoms. The van der Waals surface area contributed by atoms with Gasteiger partial charge in [0.05, 0.1) is 0 Å². The Morgan fingerprint density at radius 3 is 2.00 bits per heavy atom. The zero-order valence-electron chi connectivity index (χ0n) is 12.5. The van der Waals surface area contributed by atoms with Crippen molar-refractivity contribution in [1.82, 2.24) is 4.98 Å². The Morgan fingerprint density at radius 1 is 0.696 bits per heavy atom. The smallest absolute Gasteiger partial charge is 0.150 e. The number of aromatic amines is 1. The van der Waals surface area contributed by atoms with Crippen molar-refractivity contribution >= 4 is 17.2 Å². The highest BCUT2D eigenvalue weighted by Crippen LogP contribution is 2.30. The summed E-state index contributed by atoms with van der Waals surface area (Å²) in [5.41, 5.74) is 6.51. The molecular formula is C21H15NO. The van der Waals surface area contributed by atoms with Crippen molar-refractivity contribution in [2.75, 3.05) is 0 Å². The summed E-state index contributed by atoms with van der Waals surface area (Å²) < 4.78 is 0. The Labute approximate surface area is 134 Å². The molecule has 2 heteroatoms. The van der Waals surface area contributed by atoms with Crippen molar-refractivity contribution in [3.8, 4) is 22.3 Å². The molecule has 0 unspecified atom stereocenters. The van der Waals surface area contributed by atoms with Gasteiger partial charge in [-0.1, -0.05) is 66.7 Å². The van der Waals surface area contributed by atoms with Gasteiger partial charge in [-0.05, 0) is 22.8 Å². The van der Waals surface area contributed by atoms with Gasteiger partial charge >= 0.3 is 0 Å². The number of hydrogen-bond donors (Lipinski definition) is 1. The van der Waals surface area contributed by atoms with Gasteiger partial charge in [-0.2, -0.15) is 0 Å². The molecule has 0 spiro atoms. The lowest BCUT2D eigenvalue weighted by Gasteiger charge is -2.04. The predicted molar refractivity (Wildman–Crippen MR) is 94.6 cm³/mol. The molecule has 1 N–H and O–H groups in total. The maximum atomic E-state index is 10.7. The minimum absolute atomic E-state index is 0.698. The number of fused-ring (bicyclic) bond motifs is 1. The highest BCUT2D eigenvalue weighted by molar-refractivity contribution is 5.95. The molecule has 1 aromatic heterocycles. The van der Waals surface area contributed by atoms with Crippen molar-refractivity contribution in [3.05, 3.63) is 84.6 Å². The lowest BCUT2D eigenvalue weighted by molar-refractivity contribution is 0.112. The molecule has 0 aliphatic heterocycles. The van der Waals surface area contributed by atoms with E-state index in [2.05, 4.69) is 53.6 Å². The summed E-state index contributed by atoms with van der Waals surface area (Å²) in [6.45, 7) is 0. The van der Waals surface area contributed by atoms with E-state index in [4.69, 9.17) is 0 Å². The van der Waals surface area contributed by atoms with Crippen LogP contribution >= 0.6 is 0 Å². The Bertz CT molecular complexity index is 963. The summed E-state index contributed by atoms with van der Waals surface area (Å²) >= 11 is 0. The molecule has 0 radical (unpaired) electrons. The quantitative estimate of drug-likeness (QED) is 0.510. The van der Waals surface area contributed by atoms with Crippen molar-refractivity contribution in [2.24, 2.45) is 0 Å². The first-order chi connectivity index (χ1) is 11.3. The highest BCUT2D eigenvalue weighted by atomic mass is 16.1. The van der Waals surface area contributed by atoms with Crippen LogP contribution in [0.3, 0.4) is 0 Å². The number of rotatable bonds is 3. The van der Waals surface area contributed by atoms with Crippen LogP contribution in [0.2, 0.25) is 0 Å². The lowest BCUT2D eigenvalue weighted by atomic mass is 9.99. The zero-order chi connectivity index (χ0) is 15.6. The second-order valence-electron chi connectivity index (χ2n) is 5.57. The lowest BCUT2D eigenvalue weighted by Crippen LogP contribution is -1.82. The Morgan fingerprint density at radius 2 is 1.30 bits per heavy atom.